The maximum Gasteiger partial charge on any atom is 0.209 e. The third-order valence-electron chi connectivity index (χ3n) is 7.92. The summed E-state index contributed by atoms with van der Waals surface area (Å²) in [6, 6.07) is 18.4. The Labute approximate surface area is 259 Å². The van der Waals surface area contributed by atoms with Gasteiger partial charge in [-0.1, -0.05) is 76.4 Å². The van der Waals surface area contributed by atoms with Crippen molar-refractivity contribution in [3.63, 3.8) is 0 Å². The summed E-state index contributed by atoms with van der Waals surface area (Å²) >= 11 is 19.6. The first-order valence-electron chi connectivity index (χ1n) is 13.6. The average Bonchev–Trinajstić information content (AvgIpc) is 3.69. The van der Waals surface area contributed by atoms with Crippen LogP contribution in [0.1, 0.15) is 65.5 Å². The van der Waals surface area contributed by atoms with Crippen LogP contribution in [0.15, 0.2) is 65.2 Å². The first-order chi connectivity index (χ1) is 20.0. The number of hydrogen-bond donors (Lipinski definition) is 2. The zero-order chi connectivity index (χ0) is 29.6. The Hall–Kier alpha value is -2.59. The predicted molar refractivity (Wildman–Crippen MR) is 164 cm³/mol. The Morgan fingerprint density at radius 3 is 2.38 bits per heavy atom. The first-order valence-corrected chi connectivity index (χ1v) is 16.6. The van der Waals surface area contributed by atoms with Gasteiger partial charge in [0.25, 0.3) is 0 Å². The standard InChI is InChI=1S/C31H29Cl3N2O5S/c1-42(38,39)35-16-18-4-2-5-20(12-18)21-14-31(37,15-21)24-11-10-22(13-27(24)34)40-17-23-29(36-41-30(23)19-8-9-19)28-25(32)6-3-7-26(28)33/h2-7,10-13,19,21,35,37H,8-9,14-17H2,1H3. The lowest BCUT2D eigenvalue weighted by Crippen LogP contribution is -2.40. The summed E-state index contributed by atoms with van der Waals surface area (Å²) in [4.78, 5) is 0. The van der Waals surface area contributed by atoms with Crippen LogP contribution in [0, 0.1) is 0 Å². The topological polar surface area (TPSA) is 102 Å². The Morgan fingerprint density at radius 2 is 1.71 bits per heavy atom. The van der Waals surface area contributed by atoms with Crippen LogP contribution in [0.2, 0.25) is 15.1 Å². The smallest absolute Gasteiger partial charge is 0.209 e. The molecule has 2 fully saturated rings. The van der Waals surface area contributed by atoms with Gasteiger partial charge in [0.05, 0.1) is 32.5 Å². The second-order valence-corrected chi connectivity index (χ2v) is 14.2. The molecule has 2 saturated carbocycles. The minimum absolute atomic E-state index is 0.129. The molecule has 1 aromatic heterocycles. The molecule has 2 N–H and O–H groups in total. The fraction of sp³-hybridized carbons (Fsp3) is 0.323. The van der Waals surface area contributed by atoms with Crippen molar-refractivity contribution >= 4 is 44.8 Å². The number of nitrogens with one attached hydrogen (secondary N) is 1. The number of rotatable bonds is 10. The summed E-state index contributed by atoms with van der Waals surface area (Å²) in [7, 11) is -3.28. The molecule has 4 aromatic rings. The van der Waals surface area contributed by atoms with Gasteiger partial charge < -0.3 is 14.4 Å². The van der Waals surface area contributed by atoms with Crippen molar-refractivity contribution in [2.75, 3.05) is 6.26 Å². The van der Waals surface area contributed by atoms with Gasteiger partial charge in [-0.05, 0) is 67.0 Å². The summed E-state index contributed by atoms with van der Waals surface area (Å²) in [5, 5.41) is 17.1. The number of ether oxygens (including phenoxy) is 1. The van der Waals surface area contributed by atoms with Crippen LogP contribution >= 0.6 is 34.8 Å². The number of aromatic nitrogens is 1. The third kappa shape index (κ3) is 6.20. The highest BCUT2D eigenvalue weighted by molar-refractivity contribution is 7.88. The van der Waals surface area contributed by atoms with E-state index in [1.165, 1.54) is 0 Å². The van der Waals surface area contributed by atoms with E-state index in [2.05, 4.69) is 9.88 Å². The molecule has 220 valence electrons. The lowest BCUT2D eigenvalue weighted by atomic mass is 9.65. The van der Waals surface area contributed by atoms with Gasteiger partial charge in [0, 0.05) is 23.6 Å². The second-order valence-electron chi connectivity index (χ2n) is 11.2. The molecule has 0 amide bonds. The molecule has 6 rings (SSSR count). The van der Waals surface area contributed by atoms with E-state index >= 15 is 0 Å². The molecule has 2 aliphatic rings. The summed E-state index contributed by atoms with van der Waals surface area (Å²) in [5.74, 6) is 1.77. The van der Waals surface area contributed by atoms with E-state index in [1.807, 2.05) is 30.3 Å². The number of hydrogen-bond acceptors (Lipinski definition) is 6. The van der Waals surface area contributed by atoms with Crippen molar-refractivity contribution in [3.05, 3.63) is 104 Å². The maximum atomic E-state index is 11.4. The van der Waals surface area contributed by atoms with Crippen LogP contribution in [0.3, 0.4) is 0 Å². The summed E-state index contributed by atoms with van der Waals surface area (Å²) < 4.78 is 37.3. The van der Waals surface area contributed by atoms with Crippen LogP contribution in [0.4, 0.5) is 0 Å². The zero-order valence-electron chi connectivity index (χ0n) is 22.7. The van der Waals surface area contributed by atoms with Crippen molar-refractivity contribution in [2.24, 2.45) is 0 Å². The van der Waals surface area contributed by atoms with Crippen molar-refractivity contribution in [2.45, 2.75) is 56.3 Å². The van der Waals surface area contributed by atoms with Crippen LogP contribution in [0.5, 0.6) is 5.75 Å². The molecule has 0 atom stereocenters. The first kappa shape index (κ1) is 29.5. The Morgan fingerprint density at radius 1 is 1.00 bits per heavy atom. The number of aliphatic hydroxyl groups is 1. The highest BCUT2D eigenvalue weighted by atomic mass is 35.5. The zero-order valence-corrected chi connectivity index (χ0v) is 25.8. The normalized spacial score (nSPS) is 20.4. The average molecular weight is 648 g/mol. The lowest BCUT2D eigenvalue weighted by Gasteiger charge is -2.45. The van der Waals surface area contributed by atoms with Crippen molar-refractivity contribution in [1.29, 1.82) is 0 Å². The fourth-order valence-electron chi connectivity index (χ4n) is 5.55. The van der Waals surface area contributed by atoms with E-state index in [0.717, 1.165) is 41.5 Å². The highest BCUT2D eigenvalue weighted by Crippen LogP contribution is 2.53. The van der Waals surface area contributed by atoms with Gasteiger partial charge in [0.2, 0.25) is 10.0 Å². The summed E-state index contributed by atoms with van der Waals surface area (Å²) in [6.07, 6.45) is 4.20. The van der Waals surface area contributed by atoms with Crippen LogP contribution in [0.25, 0.3) is 11.3 Å². The number of nitrogens with zero attached hydrogens (tertiary/aromatic N) is 1. The monoisotopic (exact) mass is 646 g/mol. The summed E-state index contributed by atoms with van der Waals surface area (Å²) in [5.41, 5.74) is 3.49. The van der Waals surface area contributed by atoms with E-state index in [-0.39, 0.29) is 19.1 Å². The lowest BCUT2D eigenvalue weighted by molar-refractivity contribution is -0.0549. The molecule has 0 radical (unpaired) electrons. The van der Waals surface area contributed by atoms with Crippen molar-refractivity contribution in [3.8, 4) is 17.0 Å². The van der Waals surface area contributed by atoms with Crippen LogP contribution < -0.4 is 9.46 Å². The largest absolute Gasteiger partial charge is 0.489 e. The molecule has 42 heavy (non-hydrogen) atoms. The maximum absolute atomic E-state index is 11.4. The molecule has 3 aromatic carbocycles. The van der Waals surface area contributed by atoms with E-state index in [4.69, 9.17) is 44.1 Å². The minimum Gasteiger partial charge on any atom is -0.489 e. The van der Waals surface area contributed by atoms with Gasteiger partial charge in [-0.15, -0.1) is 0 Å². The third-order valence-corrected chi connectivity index (χ3v) is 9.53. The molecule has 0 spiro atoms. The SMILES string of the molecule is CS(=O)(=O)NCc1cccc(C2CC(O)(c3ccc(OCc4c(-c5c(Cl)cccc5Cl)noc4C4CC4)cc3Cl)C2)c1. The van der Waals surface area contributed by atoms with E-state index in [1.54, 1.807) is 30.3 Å². The molecule has 0 saturated heterocycles. The van der Waals surface area contributed by atoms with Gasteiger partial charge in [0.15, 0.2) is 0 Å². The number of sulfonamides is 1. The second kappa shape index (κ2) is 11.5. The predicted octanol–water partition coefficient (Wildman–Crippen LogP) is 7.57. The Bertz CT molecular complexity index is 1730. The molecule has 1 heterocycles. The quantitative estimate of drug-likeness (QED) is 0.184. The molecule has 7 nitrogen and oxygen atoms in total. The number of halogens is 3. The van der Waals surface area contributed by atoms with Gasteiger partial charge in [0.1, 0.15) is 23.8 Å². The molecule has 0 aliphatic heterocycles. The molecule has 0 bridgehead atoms. The van der Waals surface area contributed by atoms with Crippen molar-refractivity contribution < 1.29 is 22.8 Å². The van der Waals surface area contributed by atoms with Crippen LogP contribution in [-0.2, 0) is 28.8 Å². The summed E-state index contributed by atoms with van der Waals surface area (Å²) in [6.45, 7) is 0.416. The van der Waals surface area contributed by atoms with Gasteiger partial charge >= 0.3 is 0 Å². The molecular weight excluding hydrogens is 619 g/mol. The van der Waals surface area contributed by atoms with E-state index < -0.39 is 15.6 Å². The molecule has 0 unspecified atom stereocenters. The van der Waals surface area contributed by atoms with Gasteiger partial charge in [-0.2, -0.15) is 0 Å². The molecule has 11 heteroatoms. The van der Waals surface area contributed by atoms with Crippen molar-refractivity contribution in [1.82, 2.24) is 9.88 Å². The highest BCUT2D eigenvalue weighted by Gasteiger charge is 2.45. The van der Waals surface area contributed by atoms with Gasteiger partial charge in [-0.3, -0.25) is 0 Å². The van der Waals surface area contributed by atoms with E-state index in [0.29, 0.717) is 56.4 Å². The molecular formula is C31H29Cl3N2O5S. The minimum atomic E-state index is -3.28. The number of benzene rings is 3. The van der Waals surface area contributed by atoms with Gasteiger partial charge in [-0.25, -0.2) is 13.1 Å². The Kier molecular flexibility index (Phi) is 8.06. The van der Waals surface area contributed by atoms with Crippen LogP contribution in [-0.4, -0.2) is 24.9 Å². The van der Waals surface area contributed by atoms with E-state index in [9.17, 15) is 13.5 Å². The fourth-order valence-corrected chi connectivity index (χ4v) is 6.90. The Balaban J connectivity index is 1.15. The molecule has 2 aliphatic carbocycles.